The molecule has 1 saturated heterocycles. The summed E-state index contributed by atoms with van der Waals surface area (Å²) in [5.41, 5.74) is 2.65. The number of nitro benzene ring substituents is 4. The number of nitro groups is 4. The number of non-ortho nitro benzene ring substituents is 2. The van der Waals surface area contributed by atoms with Gasteiger partial charge in [0.1, 0.15) is 11.4 Å². The highest BCUT2D eigenvalue weighted by Gasteiger charge is 2.19. The van der Waals surface area contributed by atoms with E-state index in [1.165, 1.54) is 12.1 Å². The van der Waals surface area contributed by atoms with Gasteiger partial charge in [-0.25, -0.2) is 0 Å². The Bertz CT molecular complexity index is 1090. The third-order valence-corrected chi connectivity index (χ3v) is 5.32. The first-order valence-corrected chi connectivity index (χ1v) is 13.4. The molecule has 22 nitrogen and oxygen atoms in total. The van der Waals surface area contributed by atoms with Crippen molar-refractivity contribution in [2.75, 3.05) is 90.1 Å². The van der Waals surface area contributed by atoms with E-state index in [1.807, 2.05) is 0 Å². The molecule has 1 aliphatic rings. The van der Waals surface area contributed by atoms with E-state index in [2.05, 4.69) is 10.9 Å². The molecule has 1 heterocycles. The molecule has 0 aliphatic carbocycles. The summed E-state index contributed by atoms with van der Waals surface area (Å²) in [6.45, 7) is 7.04. The van der Waals surface area contributed by atoms with Gasteiger partial charge in [-0.05, 0) is 12.1 Å². The van der Waals surface area contributed by atoms with E-state index in [4.69, 9.17) is 40.1 Å². The van der Waals surface area contributed by atoms with Crippen molar-refractivity contribution in [3.63, 3.8) is 0 Å². The van der Waals surface area contributed by atoms with Crippen molar-refractivity contribution in [1.29, 1.82) is 0 Å². The fourth-order valence-electron chi connectivity index (χ4n) is 3.13. The molecular weight excluding hydrogens is 624 g/mol. The number of hydrazine groups is 2. The first kappa shape index (κ1) is 39.3. The summed E-state index contributed by atoms with van der Waals surface area (Å²) in [6.07, 6.45) is 0. The van der Waals surface area contributed by atoms with E-state index in [0.29, 0.717) is 79.3 Å². The van der Waals surface area contributed by atoms with Crippen LogP contribution in [0.2, 0.25) is 0 Å². The maximum Gasteiger partial charge on any atom is 0.300 e. The minimum absolute atomic E-state index is 0.0283. The minimum Gasteiger partial charge on any atom is -0.377 e. The number of hydrogen-bond donors (Lipinski definition) is 4. The van der Waals surface area contributed by atoms with Gasteiger partial charge >= 0.3 is 11.4 Å². The van der Waals surface area contributed by atoms with E-state index >= 15 is 0 Å². The molecule has 0 amide bonds. The van der Waals surface area contributed by atoms with Crippen LogP contribution in [0.15, 0.2) is 36.4 Å². The molecule has 0 saturated carbocycles. The van der Waals surface area contributed by atoms with Crippen molar-refractivity contribution in [3.8, 4) is 0 Å². The Labute approximate surface area is 261 Å². The zero-order valence-electron chi connectivity index (χ0n) is 24.6. The SMILES string of the molecule is C1COCCOCCOCCOCCOCCO1.NNc1ccc([N+](=O)[O-])cc1[N+](=O)[O-].NNc1ccc([N+](=O)[O-])cc1[N+](=O)[O-]. The van der Waals surface area contributed by atoms with Gasteiger partial charge in [0.05, 0.1) is 111 Å². The molecule has 256 valence electrons. The lowest BCUT2D eigenvalue weighted by atomic mass is 10.2. The van der Waals surface area contributed by atoms with Crippen LogP contribution in [-0.2, 0) is 28.4 Å². The molecule has 1 fully saturated rings. The van der Waals surface area contributed by atoms with Crippen molar-refractivity contribution in [2.24, 2.45) is 11.7 Å². The van der Waals surface area contributed by atoms with E-state index in [9.17, 15) is 40.5 Å². The van der Waals surface area contributed by atoms with Crippen LogP contribution in [0.4, 0.5) is 34.1 Å². The van der Waals surface area contributed by atoms with Gasteiger partial charge in [0.2, 0.25) is 0 Å². The summed E-state index contributed by atoms with van der Waals surface area (Å²) >= 11 is 0. The largest absolute Gasteiger partial charge is 0.377 e. The Balaban J connectivity index is 0.000000349. The predicted octanol–water partition coefficient (Wildman–Crippen LogP) is 1.68. The minimum atomic E-state index is -0.748. The molecule has 0 radical (unpaired) electrons. The fraction of sp³-hybridized carbons (Fsp3) is 0.500. The monoisotopic (exact) mass is 660 g/mol. The number of nitrogens with one attached hydrogen (secondary N) is 2. The second-order valence-electron chi connectivity index (χ2n) is 8.39. The number of hydrogen-bond acceptors (Lipinski definition) is 18. The van der Waals surface area contributed by atoms with Gasteiger partial charge in [-0.3, -0.25) is 52.1 Å². The highest BCUT2D eigenvalue weighted by Crippen LogP contribution is 2.28. The van der Waals surface area contributed by atoms with Gasteiger partial charge in [-0.1, -0.05) is 0 Å². The highest BCUT2D eigenvalue weighted by atomic mass is 16.6. The number of nitrogens with zero attached hydrogens (tertiary/aromatic N) is 4. The number of nitrogens with two attached hydrogens (primary N) is 2. The Kier molecular flexibility index (Phi) is 20.2. The predicted molar refractivity (Wildman–Crippen MR) is 160 cm³/mol. The average Bonchev–Trinajstić information content (AvgIpc) is 3.04. The van der Waals surface area contributed by atoms with Gasteiger partial charge in [0.15, 0.2) is 0 Å². The van der Waals surface area contributed by atoms with E-state index < -0.39 is 31.1 Å². The quantitative estimate of drug-likeness (QED) is 0.194. The molecular formula is C24H36N8O14. The maximum absolute atomic E-state index is 10.4. The zero-order valence-corrected chi connectivity index (χ0v) is 24.6. The summed E-state index contributed by atoms with van der Waals surface area (Å²) in [5, 5.41) is 41.5. The summed E-state index contributed by atoms with van der Waals surface area (Å²) in [6, 6.07) is 6.29. The zero-order chi connectivity index (χ0) is 34.2. The summed E-state index contributed by atoms with van der Waals surface area (Å²) in [7, 11) is 0. The first-order chi connectivity index (χ1) is 22.1. The van der Waals surface area contributed by atoms with Crippen molar-refractivity contribution < 1.29 is 48.1 Å². The van der Waals surface area contributed by atoms with E-state index in [1.54, 1.807) is 0 Å². The standard InChI is InChI=1S/C12H24O6.2C6H6N4O4/c1-2-14-5-6-16-9-10-18-12-11-17-8-7-15-4-3-13-1;2*7-8-5-2-1-4(9(11)12)3-6(5)10(13)14/h1-12H2;2*1-3,8H,7H2. The van der Waals surface area contributed by atoms with Gasteiger partial charge < -0.3 is 39.3 Å². The second-order valence-corrected chi connectivity index (χ2v) is 8.39. The molecule has 0 aromatic heterocycles. The lowest BCUT2D eigenvalue weighted by molar-refractivity contribution is -0.393. The van der Waals surface area contributed by atoms with Gasteiger partial charge in [0, 0.05) is 12.1 Å². The molecule has 0 atom stereocenters. The number of benzene rings is 2. The Morgan fingerprint density at radius 1 is 0.457 bits per heavy atom. The lowest BCUT2D eigenvalue weighted by Crippen LogP contribution is -2.16. The summed E-state index contributed by atoms with van der Waals surface area (Å²) in [4.78, 5) is 38.6. The van der Waals surface area contributed by atoms with Crippen molar-refractivity contribution in [1.82, 2.24) is 0 Å². The molecule has 2 aromatic carbocycles. The molecule has 0 spiro atoms. The number of ether oxygens (including phenoxy) is 6. The van der Waals surface area contributed by atoms with Crippen LogP contribution in [0.5, 0.6) is 0 Å². The van der Waals surface area contributed by atoms with E-state index in [-0.39, 0.29) is 22.7 Å². The Morgan fingerprint density at radius 2 is 0.696 bits per heavy atom. The van der Waals surface area contributed by atoms with Crippen LogP contribution in [0.1, 0.15) is 0 Å². The van der Waals surface area contributed by atoms with Crippen LogP contribution in [0.25, 0.3) is 0 Å². The first-order valence-electron chi connectivity index (χ1n) is 13.4. The van der Waals surface area contributed by atoms with Crippen molar-refractivity contribution in [3.05, 3.63) is 76.9 Å². The maximum atomic E-state index is 10.4. The topological polar surface area (TPSA) is 304 Å². The molecule has 3 rings (SSSR count). The third-order valence-electron chi connectivity index (χ3n) is 5.32. The van der Waals surface area contributed by atoms with Crippen LogP contribution < -0.4 is 22.5 Å². The van der Waals surface area contributed by atoms with Crippen LogP contribution >= 0.6 is 0 Å². The molecule has 46 heavy (non-hydrogen) atoms. The third kappa shape index (κ3) is 16.4. The van der Waals surface area contributed by atoms with Gasteiger partial charge in [-0.2, -0.15) is 0 Å². The van der Waals surface area contributed by atoms with Crippen LogP contribution in [0, 0.1) is 40.5 Å². The number of nitrogen functional groups attached to an aromatic ring is 2. The molecule has 22 heteroatoms. The fourth-order valence-corrected chi connectivity index (χ4v) is 3.13. The molecule has 1 aliphatic heterocycles. The molecule has 0 bridgehead atoms. The van der Waals surface area contributed by atoms with Crippen molar-refractivity contribution in [2.45, 2.75) is 0 Å². The Hall–Kier alpha value is -4.68. The average molecular weight is 661 g/mol. The van der Waals surface area contributed by atoms with Gasteiger partial charge in [0.25, 0.3) is 11.4 Å². The van der Waals surface area contributed by atoms with Crippen molar-refractivity contribution >= 4 is 34.1 Å². The normalized spacial score (nSPS) is 15.2. The van der Waals surface area contributed by atoms with Gasteiger partial charge in [-0.15, -0.1) is 0 Å². The van der Waals surface area contributed by atoms with Crippen LogP contribution in [-0.4, -0.2) is 99.0 Å². The van der Waals surface area contributed by atoms with Crippen LogP contribution in [0.3, 0.4) is 0 Å². The number of rotatable bonds is 6. The lowest BCUT2D eigenvalue weighted by Gasteiger charge is -2.09. The molecule has 2 aromatic rings. The number of anilines is 2. The summed E-state index contributed by atoms with van der Waals surface area (Å²) in [5.74, 6) is 9.98. The summed E-state index contributed by atoms with van der Waals surface area (Å²) < 4.78 is 32.0. The second kappa shape index (κ2) is 23.7. The Morgan fingerprint density at radius 3 is 0.870 bits per heavy atom. The van der Waals surface area contributed by atoms with E-state index in [0.717, 1.165) is 24.3 Å². The smallest absolute Gasteiger partial charge is 0.300 e. The highest BCUT2D eigenvalue weighted by molar-refractivity contribution is 5.65. The molecule has 0 unspecified atom stereocenters. The molecule has 6 N–H and O–H groups in total.